The summed E-state index contributed by atoms with van der Waals surface area (Å²) in [6.07, 6.45) is 1.75. The molecular weight excluding hydrogens is 356 g/mol. The molecule has 2 nitrogen and oxygen atoms in total. The highest BCUT2D eigenvalue weighted by Crippen LogP contribution is 2.36. The molecule has 20 heavy (non-hydrogen) atoms. The topological polar surface area (TPSA) is 24.9 Å². The van der Waals surface area contributed by atoms with E-state index in [0.29, 0.717) is 11.1 Å². The van der Waals surface area contributed by atoms with Gasteiger partial charge < -0.3 is 5.32 Å². The maximum Gasteiger partial charge on any atom is 0.119 e. The summed E-state index contributed by atoms with van der Waals surface area (Å²) in [6, 6.07) is 10.5. The summed E-state index contributed by atoms with van der Waals surface area (Å²) >= 11 is 11.3. The van der Waals surface area contributed by atoms with Gasteiger partial charge in [-0.3, -0.25) is 0 Å². The van der Waals surface area contributed by atoms with E-state index in [9.17, 15) is 0 Å². The summed E-state index contributed by atoms with van der Waals surface area (Å²) < 4.78 is 1.06. The Morgan fingerprint density at radius 2 is 2.15 bits per heavy atom. The van der Waals surface area contributed by atoms with Crippen molar-refractivity contribution in [2.75, 3.05) is 0 Å². The first-order valence-corrected chi connectivity index (χ1v) is 8.35. The molecule has 0 saturated carbocycles. The van der Waals surface area contributed by atoms with Gasteiger partial charge in [0.25, 0.3) is 0 Å². The van der Waals surface area contributed by atoms with E-state index in [2.05, 4.69) is 58.3 Å². The van der Waals surface area contributed by atoms with Crippen molar-refractivity contribution in [2.45, 2.75) is 36.4 Å². The molecule has 1 aromatic carbocycles. The van der Waals surface area contributed by atoms with Gasteiger partial charge in [0.1, 0.15) is 5.03 Å². The minimum Gasteiger partial charge on any atom is -0.310 e. The molecule has 0 aliphatic heterocycles. The van der Waals surface area contributed by atoms with E-state index >= 15 is 0 Å². The van der Waals surface area contributed by atoms with Crippen molar-refractivity contribution in [1.29, 1.82) is 0 Å². The van der Waals surface area contributed by atoms with Crippen LogP contribution in [0, 0.1) is 0 Å². The summed E-state index contributed by atoms with van der Waals surface area (Å²) in [4.78, 5) is 5.40. The molecule has 0 bridgehead atoms. The quantitative estimate of drug-likeness (QED) is 0.787. The lowest BCUT2D eigenvalue weighted by atomic mass is 10.2. The van der Waals surface area contributed by atoms with Crippen LogP contribution >= 0.6 is 39.3 Å². The third-order valence-electron chi connectivity index (χ3n) is 2.64. The van der Waals surface area contributed by atoms with Gasteiger partial charge in [0.2, 0.25) is 0 Å². The van der Waals surface area contributed by atoms with E-state index in [0.717, 1.165) is 20.9 Å². The van der Waals surface area contributed by atoms with E-state index in [1.807, 2.05) is 12.1 Å². The van der Waals surface area contributed by atoms with Gasteiger partial charge in [-0.25, -0.2) is 4.98 Å². The third-order valence-corrected chi connectivity index (χ3v) is 5.07. The molecule has 2 rings (SSSR count). The van der Waals surface area contributed by atoms with Crippen LogP contribution in [0.25, 0.3) is 0 Å². The minimum absolute atomic E-state index is 0.482. The van der Waals surface area contributed by atoms with Crippen molar-refractivity contribution in [3.8, 4) is 0 Å². The summed E-state index contributed by atoms with van der Waals surface area (Å²) in [7, 11) is 0. The maximum atomic E-state index is 6.13. The number of nitrogens with zero attached hydrogens (tertiary/aromatic N) is 1. The summed E-state index contributed by atoms with van der Waals surface area (Å²) in [5.41, 5.74) is 1.25. The molecule has 0 spiro atoms. The average Bonchev–Trinajstić information content (AvgIpc) is 2.41. The van der Waals surface area contributed by atoms with Crippen molar-refractivity contribution in [1.82, 2.24) is 10.3 Å². The van der Waals surface area contributed by atoms with E-state index in [-0.39, 0.29) is 0 Å². The number of hydrogen-bond acceptors (Lipinski definition) is 3. The second kappa shape index (κ2) is 7.46. The fourth-order valence-electron chi connectivity index (χ4n) is 1.61. The minimum atomic E-state index is 0.482. The molecule has 1 N–H and O–H groups in total. The van der Waals surface area contributed by atoms with Gasteiger partial charge in [-0.2, -0.15) is 0 Å². The normalized spacial score (nSPS) is 11.1. The van der Waals surface area contributed by atoms with Crippen LogP contribution in [0.3, 0.4) is 0 Å². The van der Waals surface area contributed by atoms with Gasteiger partial charge in [-0.15, -0.1) is 0 Å². The van der Waals surface area contributed by atoms with Gasteiger partial charge in [-0.05, 0) is 45.8 Å². The molecule has 0 fully saturated rings. The molecule has 0 radical (unpaired) electrons. The fourth-order valence-corrected chi connectivity index (χ4v) is 3.30. The number of aromatic nitrogens is 1. The van der Waals surface area contributed by atoms with Gasteiger partial charge >= 0.3 is 0 Å². The number of benzene rings is 1. The second-order valence-electron chi connectivity index (χ2n) is 4.69. The largest absolute Gasteiger partial charge is 0.310 e. The van der Waals surface area contributed by atoms with E-state index in [4.69, 9.17) is 11.6 Å². The second-order valence-corrected chi connectivity index (χ2v) is 6.99. The third kappa shape index (κ3) is 4.48. The molecule has 1 aromatic heterocycles. The first-order valence-electron chi connectivity index (χ1n) is 6.36. The highest BCUT2D eigenvalue weighted by molar-refractivity contribution is 9.10. The van der Waals surface area contributed by atoms with Gasteiger partial charge in [0, 0.05) is 28.2 Å². The summed E-state index contributed by atoms with van der Waals surface area (Å²) in [6.45, 7) is 5.15. The Morgan fingerprint density at radius 3 is 2.80 bits per heavy atom. The zero-order chi connectivity index (χ0) is 14.5. The van der Waals surface area contributed by atoms with E-state index < -0.39 is 0 Å². The van der Waals surface area contributed by atoms with Crippen molar-refractivity contribution < 1.29 is 0 Å². The SMILES string of the molecule is CC(C)NCc1ccc(Sc2ncccc2Cl)c(Br)c1. The standard InChI is InChI=1S/C15H16BrClN2S/c1-10(2)19-9-11-5-6-14(12(16)8-11)20-15-13(17)4-3-7-18-15/h3-8,10,19H,9H2,1-2H3. The number of nitrogens with one attached hydrogen (secondary N) is 1. The average molecular weight is 372 g/mol. The molecule has 0 aliphatic rings. The van der Waals surface area contributed by atoms with Crippen LogP contribution in [0.1, 0.15) is 19.4 Å². The van der Waals surface area contributed by atoms with Gasteiger partial charge in [0.15, 0.2) is 0 Å². The lowest BCUT2D eigenvalue weighted by Gasteiger charge is -2.10. The van der Waals surface area contributed by atoms with Crippen LogP contribution in [0.4, 0.5) is 0 Å². The Kier molecular flexibility index (Phi) is 5.90. The molecular formula is C15H16BrClN2S. The zero-order valence-corrected chi connectivity index (χ0v) is 14.5. The molecule has 0 amide bonds. The Morgan fingerprint density at radius 1 is 1.35 bits per heavy atom. The van der Waals surface area contributed by atoms with Crippen LogP contribution in [0.15, 0.2) is 50.9 Å². The highest BCUT2D eigenvalue weighted by atomic mass is 79.9. The zero-order valence-electron chi connectivity index (χ0n) is 11.4. The highest BCUT2D eigenvalue weighted by Gasteiger charge is 2.07. The number of hydrogen-bond donors (Lipinski definition) is 1. The molecule has 1 heterocycles. The van der Waals surface area contributed by atoms with Crippen molar-refractivity contribution in [3.05, 3.63) is 51.6 Å². The van der Waals surface area contributed by atoms with Crippen LogP contribution in [0.5, 0.6) is 0 Å². The predicted octanol–water partition coefficient (Wildman–Crippen LogP) is 5.15. The van der Waals surface area contributed by atoms with Gasteiger partial charge in [0.05, 0.1) is 5.02 Å². The fraction of sp³-hybridized carbons (Fsp3) is 0.267. The Bertz CT molecular complexity index is 590. The number of pyridine rings is 1. The Labute approximate surface area is 137 Å². The molecule has 0 unspecified atom stereocenters. The summed E-state index contributed by atoms with van der Waals surface area (Å²) in [5.74, 6) is 0. The lowest BCUT2D eigenvalue weighted by Crippen LogP contribution is -2.21. The van der Waals surface area contributed by atoms with Crippen molar-refractivity contribution in [3.63, 3.8) is 0 Å². The van der Waals surface area contributed by atoms with E-state index in [1.165, 1.54) is 5.56 Å². The molecule has 106 valence electrons. The summed E-state index contributed by atoms with van der Waals surface area (Å²) in [5, 5.41) is 4.90. The predicted molar refractivity (Wildman–Crippen MR) is 89.5 cm³/mol. The van der Waals surface area contributed by atoms with Crippen LogP contribution in [-0.4, -0.2) is 11.0 Å². The van der Waals surface area contributed by atoms with Gasteiger partial charge in [-0.1, -0.05) is 43.3 Å². The van der Waals surface area contributed by atoms with Crippen molar-refractivity contribution >= 4 is 39.3 Å². The number of rotatable bonds is 5. The maximum absolute atomic E-state index is 6.13. The smallest absolute Gasteiger partial charge is 0.119 e. The Hall–Kier alpha value is -0.550. The van der Waals surface area contributed by atoms with E-state index in [1.54, 1.807) is 18.0 Å². The first kappa shape index (κ1) is 15.8. The van der Waals surface area contributed by atoms with Crippen LogP contribution < -0.4 is 5.32 Å². The molecule has 5 heteroatoms. The molecule has 0 aliphatic carbocycles. The first-order chi connectivity index (χ1) is 9.56. The van der Waals surface area contributed by atoms with Crippen LogP contribution in [-0.2, 0) is 6.54 Å². The van der Waals surface area contributed by atoms with Crippen molar-refractivity contribution in [2.24, 2.45) is 0 Å². The molecule has 0 atom stereocenters. The monoisotopic (exact) mass is 370 g/mol. The molecule has 2 aromatic rings. The molecule has 0 saturated heterocycles. The van der Waals surface area contributed by atoms with Crippen LogP contribution in [0.2, 0.25) is 5.02 Å². The number of halogens is 2. The Balaban J connectivity index is 2.12. The lowest BCUT2D eigenvalue weighted by molar-refractivity contribution is 0.588.